The van der Waals surface area contributed by atoms with E-state index in [1.165, 1.54) is 0 Å². The first-order valence-corrected chi connectivity index (χ1v) is 13.1. The molecule has 0 aromatic heterocycles. The zero-order valence-corrected chi connectivity index (χ0v) is 22.8. The molecule has 0 unspecified atom stereocenters. The average molecular weight is 513 g/mol. The van der Waals surface area contributed by atoms with E-state index in [-0.39, 0.29) is 5.84 Å². The summed E-state index contributed by atoms with van der Waals surface area (Å²) in [6.07, 6.45) is 1.78. The van der Waals surface area contributed by atoms with Gasteiger partial charge in [-0.3, -0.25) is 5.41 Å². The van der Waals surface area contributed by atoms with Crippen LogP contribution in [0.2, 0.25) is 0 Å². The van der Waals surface area contributed by atoms with Crippen molar-refractivity contribution in [3.05, 3.63) is 126 Å². The highest BCUT2D eigenvalue weighted by atomic mass is 16.7. The minimum atomic E-state index is -0.433. The average Bonchev–Trinajstić information content (AvgIpc) is 3.18. The van der Waals surface area contributed by atoms with Gasteiger partial charge in [0.25, 0.3) is 0 Å². The third-order valence-corrected chi connectivity index (χ3v) is 7.27. The van der Waals surface area contributed by atoms with Crippen LogP contribution in [0.15, 0.2) is 119 Å². The summed E-state index contributed by atoms with van der Waals surface area (Å²) in [5.74, 6) is 0.626. The number of rotatable bonds is 5. The predicted molar refractivity (Wildman–Crippen MR) is 161 cm³/mol. The maximum atomic E-state index is 8.61. The lowest BCUT2D eigenvalue weighted by Gasteiger charge is -2.32. The molecule has 4 aromatic carbocycles. The molecule has 0 amide bonds. The third kappa shape index (κ3) is 5.98. The third-order valence-electron chi connectivity index (χ3n) is 7.27. The molecule has 1 N–H and O–H groups in total. The molecular weight excluding hydrogens is 481 g/mol. The van der Waals surface area contributed by atoms with Crippen molar-refractivity contribution in [2.45, 2.75) is 38.9 Å². The Kier molecular flexibility index (Phi) is 7.42. The molecule has 1 saturated heterocycles. The summed E-state index contributed by atoms with van der Waals surface area (Å²) in [7, 11) is -0.433. The van der Waals surface area contributed by atoms with Gasteiger partial charge in [-0.05, 0) is 55.9 Å². The van der Waals surface area contributed by atoms with Gasteiger partial charge in [0.05, 0.1) is 11.2 Å². The Morgan fingerprint density at radius 2 is 1.26 bits per heavy atom. The van der Waals surface area contributed by atoms with Crippen LogP contribution in [0.1, 0.15) is 44.4 Å². The van der Waals surface area contributed by atoms with Gasteiger partial charge in [0.1, 0.15) is 0 Å². The van der Waals surface area contributed by atoms with Crippen LogP contribution in [0.5, 0.6) is 0 Å². The second-order valence-corrected chi connectivity index (χ2v) is 10.6. The fourth-order valence-electron chi connectivity index (χ4n) is 4.29. The molecule has 1 heterocycles. The predicted octanol–water partition coefficient (Wildman–Crippen LogP) is 6.54. The van der Waals surface area contributed by atoms with Crippen LogP contribution in [0.25, 0.3) is 11.1 Å². The standard InChI is InChI=1S/C33H32BN3O2/c1-32(2)33(3,4)39-34(38-32)29-20-12-18-27(22-29)26-17-11-19-28(21-26)31(36-23-24-13-7-5-8-14-24)37-30(35)25-15-9-6-10-16-25/h5-23,35H,1-4H3/b35-30?,36-23+,37-31-. The SMILES string of the molecule is CC1(C)OB(c2cccc(-c3cccc(C(=N/C(=N)c4ccccc4)/N=C/c4ccccc4)c3)c2)OC1(C)C. The molecule has 5 nitrogen and oxygen atoms in total. The van der Waals surface area contributed by atoms with E-state index in [0.717, 1.165) is 33.3 Å². The number of nitrogens with one attached hydrogen (secondary N) is 1. The Morgan fingerprint density at radius 3 is 1.92 bits per heavy atom. The largest absolute Gasteiger partial charge is 0.494 e. The molecule has 0 aliphatic carbocycles. The molecule has 1 fully saturated rings. The smallest absolute Gasteiger partial charge is 0.399 e. The fourth-order valence-corrected chi connectivity index (χ4v) is 4.29. The van der Waals surface area contributed by atoms with E-state index in [1.807, 2.05) is 84.9 Å². The summed E-state index contributed by atoms with van der Waals surface area (Å²) in [4.78, 5) is 9.36. The number of benzene rings is 4. The highest BCUT2D eigenvalue weighted by Gasteiger charge is 2.51. The molecule has 5 rings (SSSR count). The molecule has 39 heavy (non-hydrogen) atoms. The first-order valence-electron chi connectivity index (χ1n) is 13.1. The summed E-state index contributed by atoms with van der Waals surface area (Å²) in [6, 6.07) is 35.7. The molecular formula is C33H32BN3O2. The lowest BCUT2D eigenvalue weighted by molar-refractivity contribution is 0.00578. The Bertz CT molecular complexity index is 1510. The Balaban J connectivity index is 1.49. The Hall–Kier alpha value is -4.13. The molecule has 0 saturated carbocycles. The van der Waals surface area contributed by atoms with Crippen molar-refractivity contribution in [3.8, 4) is 11.1 Å². The Labute approximate surface area is 230 Å². The van der Waals surface area contributed by atoms with Crippen LogP contribution in [0, 0.1) is 5.41 Å². The van der Waals surface area contributed by atoms with Crippen LogP contribution in [-0.2, 0) is 9.31 Å². The normalized spacial score (nSPS) is 16.5. The van der Waals surface area contributed by atoms with Crippen LogP contribution in [0.4, 0.5) is 0 Å². The van der Waals surface area contributed by atoms with Crippen molar-refractivity contribution >= 4 is 30.5 Å². The molecule has 1 aliphatic heterocycles. The van der Waals surface area contributed by atoms with E-state index in [1.54, 1.807) is 6.21 Å². The van der Waals surface area contributed by atoms with Crippen molar-refractivity contribution in [1.82, 2.24) is 0 Å². The lowest BCUT2D eigenvalue weighted by Crippen LogP contribution is -2.41. The first kappa shape index (κ1) is 26.5. The zero-order chi connectivity index (χ0) is 27.5. The number of aliphatic imine (C=N–C) groups is 2. The summed E-state index contributed by atoms with van der Waals surface area (Å²) in [5.41, 5.74) is 4.73. The molecule has 1 aliphatic rings. The van der Waals surface area contributed by atoms with E-state index >= 15 is 0 Å². The van der Waals surface area contributed by atoms with Gasteiger partial charge in [-0.2, -0.15) is 0 Å². The summed E-state index contributed by atoms with van der Waals surface area (Å²) < 4.78 is 12.6. The van der Waals surface area contributed by atoms with Crippen molar-refractivity contribution in [3.63, 3.8) is 0 Å². The van der Waals surface area contributed by atoms with Crippen LogP contribution < -0.4 is 5.46 Å². The zero-order valence-electron chi connectivity index (χ0n) is 22.8. The second kappa shape index (κ2) is 10.9. The molecule has 0 spiro atoms. The fraction of sp³-hybridized carbons (Fsp3) is 0.182. The second-order valence-electron chi connectivity index (χ2n) is 10.6. The van der Waals surface area contributed by atoms with E-state index in [0.29, 0.717) is 5.84 Å². The Morgan fingerprint density at radius 1 is 0.692 bits per heavy atom. The van der Waals surface area contributed by atoms with Crippen LogP contribution >= 0.6 is 0 Å². The van der Waals surface area contributed by atoms with Crippen LogP contribution in [-0.4, -0.2) is 36.2 Å². The van der Waals surface area contributed by atoms with Gasteiger partial charge in [-0.15, -0.1) is 0 Å². The number of nitrogens with zero attached hydrogens (tertiary/aromatic N) is 2. The van der Waals surface area contributed by atoms with Gasteiger partial charge >= 0.3 is 7.12 Å². The van der Waals surface area contributed by atoms with Gasteiger partial charge in [0.15, 0.2) is 11.7 Å². The molecule has 0 atom stereocenters. The summed E-state index contributed by atoms with van der Waals surface area (Å²) in [6.45, 7) is 8.24. The first-order chi connectivity index (χ1) is 18.7. The van der Waals surface area contributed by atoms with Crippen LogP contribution in [0.3, 0.4) is 0 Å². The number of hydrogen-bond acceptors (Lipinski definition) is 3. The van der Waals surface area contributed by atoms with Crippen molar-refractivity contribution in [1.29, 1.82) is 5.41 Å². The molecule has 0 radical (unpaired) electrons. The topological polar surface area (TPSA) is 67.0 Å². The molecule has 6 heteroatoms. The van der Waals surface area contributed by atoms with Gasteiger partial charge in [-0.1, -0.05) is 103 Å². The van der Waals surface area contributed by atoms with Gasteiger partial charge < -0.3 is 9.31 Å². The van der Waals surface area contributed by atoms with E-state index in [2.05, 4.69) is 57.0 Å². The maximum Gasteiger partial charge on any atom is 0.494 e. The van der Waals surface area contributed by atoms with E-state index in [4.69, 9.17) is 19.7 Å². The van der Waals surface area contributed by atoms with E-state index < -0.39 is 18.3 Å². The highest BCUT2D eigenvalue weighted by Crippen LogP contribution is 2.36. The minimum Gasteiger partial charge on any atom is -0.399 e. The minimum absolute atomic E-state index is 0.156. The van der Waals surface area contributed by atoms with Crippen molar-refractivity contribution < 1.29 is 9.31 Å². The summed E-state index contributed by atoms with van der Waals surface area (Å²) >= 11 is 0. The lowest BCUT2D eigenvalue weighted by atomic mass is 9.78. The monoisotopic (exact) mass is 513 g/mol. The van der Waals surface area contributed by atoms with E-state index in [9.17, 15) is 0 Å². The maximum absolute atomic E-state index is 8.61. The number of amidine groups is 2. The molecule has 4 aromatic rings. The van der Waals surface area contributed by atoms with Crippen molar-refractivity contribution in [2.24, 2.45) is 9.98 Å². The quantitative estimate of drug-likeness (QED) is 0.187. The summed E-state index contributed by atoms with van der Waals surface area (Å²) in [5, 5.41) is 8.61. The van der Waals surface area contributed by atoms with Gasteiger partial charge in [0.2, 0.25) is 0 Å². The van der Waals surface area contributed by atoms with Crippen molar-refractivity contribution in [2.75, 3.05) is 0 Å². The number of hydrogen-bond donors (Lipinski definition) is 1. The highest BCUT2D eigenvalue weighted by molar-refractivity contribution is 6.62. The molecule has 194 valence electrons. The molecule has 0 bridgehead atoms. The van der Waals surface area contributed by atoms with Gasteiger partial charge in [-0.25, -0.2) is 9.98 Å². The van der Waals surface area contributed by atoms with Gasteiger partial charge in [0, 0.05) is 17.3 Å².